The molecule has 2 aromatic heterocycles. The SMILES string of the molecule is Cc1ccc2c3ccccc3c3cc4c5c(c3c2c1)-n1c2ccc(N(c3ccc(C(C)(C)C)cc3)c3ccc(C(C)(C)C)cc3)cc2c2cc(N(c3ccc(C(C)(C)C)cc3)c3ccc(C(C)(C)C)cc3)cc(c21)B5c1cc(C(Cc2ccc(C(C)(C)C)cc2)c2ccc(C(C)(C)C)cc2)cc2c3cc(N(c5ccc(C(C)(C)C)cc5)c5ccc(C(C)(C)C)cc5)ccc3n-4c12. The first-order valence-electron chi connectivity index (χ1n) is 47.8. The van der Waals surface area contributed by atoms with E-state index >= 15 is 0 Å². The van der Waals surface area contributed by atoms with E-state index in [2.05, 4.69) is 500 Å². The first kappa shape index (κ1) is 86.4. The third kappa shape index (κ3) is 15.1. The quantitative estimate of drug-likeness (QED) is 0.0847. The van der Waals surface area contributed by atoms with E-state index in [4.69, 9.17) is 0 Å². The Hall–Kier alpha value is -12.6. The molecule has 0 N–H and O–H groups in total. The van der Waals surface area contributed by atoms with E-state index in [1.165, 1.54) is 165 Å². The topological polar surface area (TPSA) is 19.6 Å². The average Bonchev–Trinajstić information content (AvgIpc) is 1.56. The molecule has 0 fully saturated rings. The number of hydrogen-bond donors (Lipinski definition) is 0. The van der Waals surface area contributed by atoms with Crippen molar-refractivity contribution in [3.63, 3.8) is 0 Å². The van der Waals surface area contributed by atoms with Gasteiger partial charge in [0, 0.05) is 101 Å². The molecule has 18 aromatic rings. The largest absolute Gasteiger partial charge is 0.311 e. The maximum absolute atomic E-state index is 2.79. The van der Waals surface area contributed by atoms with Crippen LogP contribution >= 0.6 is 0 Å². The number of aryl methyl sites for hydroxylation is 1. The fraction of sp³-hybridized carbons (Fsp3) is 0.280. The van der Waals surface area contributed by atoms with Crippen molar-refractivity contribution in [3.05, 3.63) is 370 Å². The molecule has 0 amide bonds. The summed E-state index contributed by atoms with van der Waals surface area (Å²) in [6.07, 6.45) is 0.790. The summed E-state index contributed by atoms with van der Waals surface area (Å²) in [6.45, 7) is 57.8. The Bertz CT molecular complexity index is 7380. The normalized spacial score (nSPS) is 13.5. The number of anilines is 9. The standard InChI is InChI=1S/C125H128BN5/c1-77-30-65-100-98-28-26-27-29-99(98)105-76-112-114-117(113(105)104(100)68-77)131-111-67-64-96(128(91-55-43-85(44-56-91)122(14,15)16)92-57-45-86(46-58-92)123(17,18)19)73-103(111)107-74-97(129(93-59-47-87(48-60-93)124(20,21)22)94-61-49-88(50-62-94)125(23,24)25)75-109(116(107)131)126(114)108-71-80(101(79-33-37-82(38-34-79)119(5,6)7)69-78-31-35-81(36-32-78)118(2,3)4)70-106-102-72-95(63-66-110(102)130(112)115(106)108)127(89-51-39-83(40-52-89)120(8,9)10)90-53-41-84(42-54-90)121(11,12)13/h26-68,70-76,101H,69H2,1-25H3. The summed E-state index contributed by atoms with van der Waals surface area (Å²) in [5.41, 5.74) is 36.2. The van der Waals surface area contributed by atoms with Crippen LogP contribution in [-0.2, 0) is 49.7 Å². The van der Waals surface area contributed by atoms with Gasteiger partial charge in [-0.1, -0.05) is 342 Å². The van der Waals surface area contributed by atoms with Gasteiger partial charge in [0.15, 0.2) is 0 Å². The van der Waals surface area contributed by atoms with E-state index in [1.54, 1.807) is 0 Å². The molecule has 656 valence electrons. The van der Waals surface area contributed by atoms with Crippen LogP contribution in [-0.4, -0.2) is 15.8 Å². The van der Waals surface area contributed by atoms with E-state index in [1.807, 2.05) is 0 Å². The summed E-state index contributed by atoms with van der Waals surface area (Å²) in [5, 5.41) is 12.3. The van der Waals surface area contributed by atoms with Gasteiger partial charge in [-0.25, -0.2) is 0 Å². The fourth-order valence-corrected chi connectivity index (χ4v) is 21.3. The Balaban J connectivity index is 0.967. The number of hydrogen-bond acceptors (Lipinski definition) is 3. The monoisotopic (exact) mass is 1710 g/mol. The minimum atomic E-state index is -0.324. The Morgan fingerprint density at radius 2 is 0.565 bits per heavy atom. The number of nitrogens with zero attached hydrogens (tertiary/aromatic N) is 5. The molecule has 2 aliphatic heterocycles. The molecule has 1 atom stereocenters. The molecule has 0 bridgehead atoms. The van der Waals surface area contributed by atoms with Crippen LogP contribution in [0.3, 0.4) is 0 Å². The lowest BCUT2D eigenvalue weighted by molar-refractivity contribution is 0.589. The minimum Gasteiger partial charge on any atom is -0.311 e. The third-order valence-electron chi connectivity index (χ3n) is 29.0. The lowest BCUT2D eigenvalue weighted by Crippen LogP contribution is -2.59. The number of aromatic nitrogens is 2. The highest BCUT2D eigenvalue weighted by Gasteiger charge is 2.45. The molecule has 0 saturated heterocycles. The van der Waals surface area contributed by atoms with Crippen LogP contribution in [0.4, 0.5) is 51.2 Å². The molecule has 0 aliphatic carbocycles. The van der Waals surface area contributed by atoms with Gasteiger partial charge < -0.3 is 23.8 Å². The molecule has 16 aromatic carbocycles. The van der Waals surface area contributed by atoms with E-state index in [-0.39, 0.29) is 56.0 Å². The zero-order valence-electron chi connectivity index (χ0n) is 82.0. The van der Waals surface area contributed by atoms with Gasteiger partial charge in [0.25, 0.3) is 6.71 Å². The Morgan fingerprint density at radius 3 is 0.962 bits per heavy atom. The van der Waals surface area contributed by atoms with Gasteiger partial charge in [-0.3, -0.25) is 0 Å². The van der Waals surface area contributed by atoms with Crippen LogP contribution in [0.5, 0.6) is 0 Å². The van der Waals surface area contributed by atoms with E-state index in [0.29, 0.717) is 0 Å². The van der Waals surface area contributed by atoms with Crippen molar-refractivity contribution in [3.8, 4) is 11.4 Å². The number of benzene rings is 16. The summed E-state index contributed by atoms with van der Waals surface area (Å²) in [4.78, 5) is 7.60. The molecule has 6 heteroatoms. The number of fused-ring (bicyclic) bond motifs is 17. The molecule has 5 nitrogen and oxygen atoms in total. The van der Waals surface area contributed by atoms with Crippen molar-refractivity contribution in [2.45, 2.75) is 229 Å². The van der Waals surface area contributed by atoms with E-state index in [0.717, 1.165) is 63.1 Å². The minimum absolute atomic E-state index is 0.0127. The van der Waals surface area contributed by atoms with Gasteiger partial charge in [0.1, 0.15) is 0 Å². The third-order valence-corrected chi connectivity index (χ3v) is 29.0. The second-order valence-corrected chi connectivity index (χ2v) is 46.5. The first-order chi connectivity index (χ1) is 61.9. The molecule has 0 spiro atoms. The van der Waals surface area contributed by atoms with E-state index in [9.17, 15) is 0 Å². The van der Waals surface area contributed by atoms with Crippen LogP contribution in [0, 0.1) is 6.92 Å². The highest BCUT2D eigenvalue weighted by atomic mass is 15.2. The summed E-state index contributed by atoms with van der Waals surface area (Å²) >= 11 is 0. The summed E-state index contributed by atoms with van der Waals surface area (Å²) in [6, 6.07) is 121. The summed E-state index contributed by atoms with van der Waals surface area (Å²) in [7, 11) is 0. The molecule has 131 heavy (non-hydrogen) atoms. The second kappa shape index (κ2) is 30.7. The Kier molecular flexibility index (Phi) is 20.3. The second-order valence-electron chi connectivity index (χ2n) is 46.5. The van der Waals surface area contributed by atoms with Crippen LogP contribution in [0.1, 0.15) is 239 Å². The van der Waals surface area contributed by atoms with Crippen molar-refractivity contribution < 1.29 is 0 Å². The lowest BCUT2D eigenvalue weighted by Gasteiger charge is -2.36. The lowest BCUT2D eigenvalue weighted by atomic mass is 9.34. The van der Waals surface area contributed by atoms with Crippen LogP contribution in [0.15, 0.2) is 303 Å². The molecule has 2 aliphatic rings. The van der Waals surface area contributed by atoms with Gasteiger partial charge in [0.05, 0.1) is 16.7 Å². The summed E-state index contributed by atoms with van der Waals surface area (Å²) in [5.74, 6) is -0.0682. The van der Waals surface area contributed by atoms with Crippen molar-refractivity contribution in [1.29, 1.82) is 0 Å². The van der Waals surface area contributed by atoms with Crippen LogP contribution in [0.25, 0.3) is 87.3 Å². The highest BCUT2D eigenvalue weighted by Crippen LogP contribution is 2.52. The zero-order chi connectivity index (χ0) is 92.2. The maximum Gasteiger partial charge on any atom is 0.252 e. The average molecular weight is 1710 g/mol. The first-order valence-corrected chi connectivity index (χ1v) is 47.8. The zero-order valence-corrected chi connectivity index (χ0v) is 82.0. The number of rotatable bonds is 13. The Morgan fingerprint density at radius 1 is 0.252 bits per heavy atom. The molecular weight excluding hydrogens is 1580 g/mol. The molecule has 0 saturated carbocycles. The van der Waals surface area contributed by atoms with Gasteiger partial charge in [-0.05, 0) is 295 Å². The van der Waals surface area contributed by atoms with Gasteiger partial charge in [-0.15, -0.1) is 0 Å². The predicted octanol–water partition coefficient (Wildman–Crippen LogP) is 33.0. The van der Waals surface area contributed by atoms with Crippen LogP contribution in [0.2, 0.25) is 0 Å². The maximum atomic E-state index is 2.79. The van der Waals surface area contributed by atoms with E-state index < -0.39 is 0 Å². The van der Waals surface area contributed by atoms with Gasteiger partial charge in [-0.2, -0.15) is 0 Å². The van der Waals surface area contributed by atoms with Crippen molar-refractivity contribution in [2.75, 3.05) is 14.7 Å². The Labute approximate surface area is 778 Å². The van der Waals surface area contributed by atoms with Gasteiger partial charge in [0.2, 0.25) is 0 Å². The van der Waals surface area contributed by atoms with Crippen molar-refractivity contribution in [1.82, 2.24) is 9.13 Å². The molecule has 20 rings (SSSR count). The van der Waals surface area contributed by atoms with Crippen molar-refractivity contribution >= 4 is 150 Å². The van der Waals surface area contributed by atoms with Crippen molar-refractivity contribution in [2.24, 2.45) is 0 Å². The smallest absolute Gasteiger partial charge is 0.252 e. The van der Waals surface area contributed by atoms with Crippen LogP contribution < -0.4 is 31.1 Å². The van der Waals surface area contributed by atoms with Gasteiger partial charge >= 0.3 is 0 Å². The fourth-order valence-electron chi connectivity index (χ4n) is 21.3. The molecular formula is C125H128BN5. The molecule has 0 radical (unpaired) electrons. The highest BCUT2D eigenvalue weighted by molar-refractivity contribution is 7.00. The molecule has 4 heterocycles. The predicted molar refractivity (Wildman–Crippen MR) is 569 cm³/mol. The summed E-state index contributed by atoms with van der Waals surface area (Å²) < 4.78 is 5.54. The molecule has 1 unspecified atom stereocenters.